The SMILES string of the molecule is Cc1oc2ccccc2c1CNCC(C)(C)C(N)=O. The largest absolute Gasteiger partial charge is 0.461 e. The number of amides is 1. The van der Waals surface area contributed by atoms with E-state index in [1.54, 1.807) is 0 Å². The van der Waals surface area contributed by atoms with Gasteiger partial charge in [0.1, 0.15) is 11.3 Å². The molecule has 1 heterocycles. The number of nitrogens with one attached hydrogen (secondary N) is 1. The van der Waals surface area contributed by atoms with Crippen molar-refractivity contribution < 1.29 is 9.21 Å². The minimum atomic E-state index is -0.548. The number of para-hydroxylation sites is 1. The number of primary amides is 1. The fourth-order valence-corrected chi connectivity index (χ4v) is 2.03. The second kappa shape index (κ2) is 5.05. The van der Waals surface area contributed by atoms with Gasteiger partial charge in [-0.25, -0.2) is 0 Å². The first kappa shape index (κ1) is 13.6. The minimum Gasteiger partial charge on any atom is -0.461 e. The monoisotopic (exact) mass is 260 g/mol. The molecule has 0 aliphatic rings. The standard InChI is InChI=1S/C15H20N2O2/c1-10-12(8-17-9-15(2,3)14(16)18)11-6-4-5-7-13(11)19-10/h4-7,17H,8-9H2,1-3H3,(H2,16,18). The highest BCUT2D eigenvalue weighted by atomic mass is 16.3. The molecule has 2 aromatic rings. The molecule has 0 saturated heterocycles. The van der Waals surface area contributed by atoms with Crippen LogP contribution < -0.4 is 11.1 Å². The summed E-state index contributed by atoms with van der Waals surface area (Å²) in [4.78, 5) is 11.3. The van der Waals surface area contributed by atoms with Crippen molar-refractivity contribution in [3.8, 4) is 0 Å². The highest BCUT2D eigenvalue weighted by molar-refractivity contribution is 5.82. The van der Waals surface area contributed by atoms with E-state index >= 15 is 0 Å². The van der Waals surface area contributed by atoms with E-state index in [1.165, 1.54) is 0 Å². The van der Waals surface area contributed by atoms with E-state index < -0.39 is 5.41 Å². The first-order valence-electron chi connectivity index (χ1n) is 6.39. The van der Waals surface area contributed by atoms with Crippen LogP contribution in [0.5, 0.6) is 0 Å². The second-order valence-electron chi connectivity index (χ2n) is 5.48. The third-order valence-electron chi connectivity index (χ3n) is 3.44. The maximum Gasteiger partial charge on any atom is 0.224 e. The van der Waals surface area contributed by atoms with E-state index in [9.17, 15) is 4.79 Å². The Hall–Kier alpha value is -1.81. The highest BCUT2D eigenvalue weighted by Crippen LogP contribution is 2.25. The number of aryl methyl sites for hydroxylation is 1. The lowest BCUT2D eigenvalue weighted by Gasteiger charge is -2.20. The van der Waals surface area contributed by atoms with Crippen LogP contribution in [-0.4, -0.2) is 12.5 Å². The summed E-state index contributed by atoms with van der Waals surface area (Å²) in [6, 6.07) is 7.95. The van der Waals surface area contributed by atoms with Crippen LogP contribution in [0.2, 0.25) is 0 Å². The number of furan rings is 1. The summed E-state index contributed by atoms with van der Waals surface area (Å²) >= 11 is 0. The molecule has 2 rings (SSSR count). The van der Waals surface area contributed by atoms with Gasteiger partial charge in [-0.3, -0.25) is 4.79 Å². The summed E-state index contributed by atoms with van der Waals surface area (Å²) in [6.45, 7) is 6.84. The van der Waals surface area contributed by atoms with Gasteiger partial charge in [-0.05, 0) is 26.8 Å². The summed E-state index contributed by atoms with van der Waals surface area (Å²) in [5.74, 6) is 0.611. The second-order valence-corrected chi connectivity index (χ2v) is 5.48. The lowest BCUT2D eigenvalue weighted by atomic mass is 9.92. The van der Waals surface area contributed by atoms with Crippen LogP contribution >= 0.6 is 0 Å². The van der Waals surface area contributed by atoms with Crippen LogP contribution in [0.4, 0.5) is 0 Å². The van der Waals surface area contributed by atoms with E-state index in [2.05, 4.69) is 5.32 Å². The average Bonchev–Trinajstić information content (AvgIpc) is 2.65. The Bertz CT molecular complexity index is 599. The van der Waals surface area contributed by atoms with Gasteiger partial charge in [-0.2, -0.15) is 0 Å². The number of nitrogens with two attached hydrogens (primary N) is 1. The Balaban J connectivity index is 2.10. The van der Waals surface area contributed by atoms with Gasteiger partial charge >= 0.3 is 0 Å². The molecule has 4 heteroatoms. The van der Waals surface area contributed by atoms with E-state index in [0.717, 1.165) is 22.3 Å². The molecule has 0 spiro atoms. The van der Waals surface area contributed by atoms with Crippen molar-refractivity contribution in [2.24, 2.45) is 11.1 Å². The van der Waals surface area contributed by atoms with Crippen LogP contribution in [0, 0.1) is 12.3 Å². The van der Waals surface area contributed by atoms with Crippen LogP contribution in [0.15, 0.2) is 28.7 Å². The third-order valence-corrected chi connectivity index (χ3v) is 3.44. The van der Waals surface area contributed by atoms with E-state index in [0.29, 0.717) is 13.1 Å². The van der Waals surface area contributed by atoms with Crippen LogP contribution in [-0.2, 0) is 11.3 Å². The van der Waals surface area contributed by atoms with Gasteiger partial charge < -0.3 is 15.5 Å². The molecule has 0 atom stereocenters. The van der Waals surface area contributed by atoms with Gasteiger partial charge in [0.15, 0.2) is 0 Å². The third kappa shape index (κ3) is 2.79. The minimum absolute atomic E-state index is 0.297. The van der Waals surface area contributed by atoms with Gasteiger partial charge in [-0.15, -0.1) is 0 Å². The van der Waals surface area contributed by atoms with Crippen LogP contribution in [0.1, 0.15) is 25.2 Å². The fourth-order valence-electron chi connectivity index (χ4n) is 2.03. The number of hydrogen-bond donors (Lipinski definition) is 2. The Morgan fingerprint density at radius 1 is 1.37 bits per heavy atom. The number of rotatable bonds is 5. The summed E-state index contributed by atoms with van der Waals surface area (Å²) < 4.78 is 5.70. The first-order valence-corrected chi connectivity index (χ1v) is 6.39. The van der Waals surface area contributed by atoms with Crippen molar-refractivity contribution in [2.45, 2.75) is 27.3 Å². The Morgan fingerprint density at radius 3 is 2.74 bits per heavy atom. The van der Waals surface area contributed by atoms with Crippen molar-refractivity contribution in [3.05, 3.63) is 35.6 Å². The maximum absolute atomic E-state index is 11.3. The molecule has 0 unspecified atom stereocenters. The van der Waals surface area contributed by atoms with Gasteiger partial charge in [0, 0.05) is 24.0 Å². The number of benzene rings is 1. The normalized spacial score (nSPS) is 11.9. The molecule has 3 N–H and O–H groups in total. The zero-order chi connectivity index (χ0) is 14.0. The molecule has 0 saturated carbocycles. The molecule has 0 radical (unpaired) electrons. The topological polar surface area (TPSA) is 68.3 Å². The number of fused-ring (bicyclic) bond motifs is 1. The summed E-state index contributed by atoms with van der Waals surface area (Å²) in [5, 5.41) is 4.40. The molecule has 19 heavy (non-hydrogen) atoms. The average molecular weight is 260 g/mol. The number of hydrogen-bond acceptors (Lipinski definition) is 3. The molecule has 0 aliphatic heterocycles. The van der Waals surface area contributed by atoms with Crippen LogP contribution in [0.25, 0.3) is 11.0 Å². The van der Waals surface area contributed by atoms with Crippen molar-refractivity contribution in [3.63, 3.8) is 0 Å². The van der Waals surface area contributed by atoms with Gasteiger partial charge in [0.25, 0.3) is 0 Å². The fraction of sp³-hybridized carbons (Fsp3) is 0.400. The smallest absolute Gasteiger partial charge is 0.224 e. The van der Waals surface area contributed by atoms with E-state index in [-0.39, 0.29) is 5.91 Å². The zero-order valence-corrected chi connectivity index (χ0v) is 11.6. The predicted molar refractivity (Wildman–Crippen MR) is 75.6 cm³/mol. The molecule has 1 amide bonds. The molecule has 0 bridgehead atoms. The van der Waals surface area contributed by atoms with Crippen LogP contribution in [0.3, 0.4) is 0 Å². The van der Waals surface area contributed by atoms with E-state index in [1.807, 2.05) is 45.0 Å². The summed E-state index contributed by atoms with van der Waals surface area (Å²) in [7, 11) is 0. The Kier molecular flexibility index (Phi) is 3.62. The van der Waals surface area contributed by atoms with Crippen molar-refractivity contribution in [2.75, 3.05) is 6.54 Å². The number of carbonyl (C=O) groups excluding carboxylic acids is 1. The quantitative estimate of drug-likeness (QED) is 0.867. The summed E-state index contributed by atoms with van der Waals surface area (Å²) in [5.41, 5.74) is 6.83. The predicted octanol–water partition coefficient (Wildman–Crippen LogP) is 2.34. The molecular weight excluding hydrogens is 240 g/mol. The Morgan fingerprint density at radius 2 is 2.05 bits per heavy atom. The lowest BCUT2D eigenvalue weighted by molar-refractivity contribution is -0.125. The molecule has 1 aromatic carbocycles. The maximum atomic E-state index is 11.3. The summed E-state index contributed by atoms with van der Waals surface area (Å²) in [6.07, 6.45) is 0. The highest BCUT2D eigenvalue weighted by Gasteiger charge is 2.24. The molecular formula is C15H20N2O2. The molecule has 102 valence electrons. The first-order chi connectivity index (χ1) is 8.92. The van der Waals surface area contributed by atoms with Gasteiger partial charge in [0.2, 0.25) is 5.91 Å². The molecule has 1 aromatic heterocycles. The van der Waals surface area contributed by atoms with Crippen molar-refractivity contribution in [1.82, 2.24) is 5.32 Å². The molecule has 4 nitrogen and oxygen atoms in total. The number of carbonyl (C=O) groups is 1. The van der Waals surface area contributed by atoms with Gasteiger partial charge in [0.05, 0.1) is 5.41 Å². The zero-order valence-electron chi connectivity index (χ0n) is 11.6. The van der Waals surface area contributed by atoms with Crippen molar-refractivity contribution in [1.29, 1.82) is 0 Å². The molecule has 0 aliphatic carbocycles. The van der Waals surface area contributed by atoms with Gasteiger partial charge in [-0.1, -0.05) is 18.2 Å². The molecule has 0 fully saturated rings. The Labute approximate surface area is 113 Å². The lowest BCUT2D eigenvalue weighted by Crippen LogP contribution is -2.40. The van der Waals surface area contributed by atoms with Crippen molar-refractivity contribution >= 4 is 16.9 Å². The van der Waals surface area contributed by atoms with E-state index in [4.69, 9.17) is 10.2 Å².